The van der Waals surface area contributed by atoms with Gasteiger partial charge in [-0.3, -0.25) is 4.68 Å². The van der Waals surface area contributed by atoms with Crippen molar-refractivity contribution >= 4 is 10.9 Å². The minimum atomic E-state index is -0.327. The Balaban J connectivity index is 2.74. The molecule has 0 atom stereocenters. The predicted molar refractivity (Wildman–Crippen MR) is 44.2 cm³/mol. The number of aromatic nitrogens is 2. The van der Waals surface area contributed by atoms with Crippen LogP contribution < -0.4 is 0 Å². The summed E-state index contributed by atoms with van der Waals surface area (Å²) in [6.07, 6.45) is 1.70. The lowest BCUT2D eigenvalue weighted by Gasteiger charge is -1.88. The Hall–Kier alpha value is -1.38. The highest BCUT2D eigenvalue weighted by Crippen LogP contribution is 2.14. The van der Waals surface area contributed by atoms with Gasteiger partial charge in [-0.1, -0.05) is 0 Å². The molecule has 0 unspecified atom stereocenters. The average Bonchev–Trinajstić information content (AvgIpc) is 2.49. The summed E-state index contributed by atoms with van der Waals surface area (Å²) in [5, 5.41) is 4.69. The molecular weight excluding hydrogens is 155 g/mol. The Labute approximate surface area is 69.6 Å². The maximum Gasteiger partial charge on any atom is 0.142 e. The van der Waals surface area contributed by atoms with E-state index in [-0.39, 0.29) is 5.82 Å². The second-order valence-corrected chi connectivity index (χ2v) is 2.58. The maximum atomic E-state index is 13.0. The number of fused-ring (bicyclic) bond motifs is 1. The van der Waals surface area contributed by atoms with Crippen molar-refractivity contribution in [1.29, 1.82) is 0 Å². The molecule has 0 N–H and O–H groups in total. The van der Waals surface area contributed by atoms with Crippen LogP contribution in [0, 0.1) is 11.9 Å². The Morgan fingerprint density at radius 2 is 2.50 bits per heavy atom. The van der Waals surface area contributed by atoms with Gasteiger partial charge in [-0.2, -0.15) is 5.10 Å². The van der Waals surface area contributed by atoms with Gasteiger partial charge >= 0.3 is 0 Å². The Kier molecular flexibility index (Phi) is 1.57. The van der Waals surface area contributed by atoms with Crippen molar-refractivity contribution in [2.24, 2.45) is 0 Å². The average molecular weight is 163 g/mol. The Bertz CT molecular complexity index is 406. The van der Waals surface area contributed by atoms with Crippen molar-refractivity contribution in [3.05, 3.63) is 30.2 Å². The van der Waals surface area contributed by atoms with Crippen molar-refractivity contribution in [3.63, 3.8) is 0 Å². The number of halogens is 1. The number of nitrogens with zero attached hydrogens (tertiary/aromatic N) is 2. The zero-order chi connectivity index (χ0) is 8.55. The molecule has 0 aliphatic rings. The number of aryl methyl sites for hydroxylation is 1. The molecule has 0 aliphatic heterocycles. The zero-order valence-corrected chi connectivity index (χ0v) is 6.71. The van der Waals surface area contributed by atoms with E-state index in [0.29, 0.717) is 10.9 Å². The van der Waals surface area contributed by atoms with Gasteiger partial charge in [0.25, 0.3) is 0 Å². The van der Waals surface area contributed by atoms with Crippen LogP contribution >= 0.6 is 0 Å². The smallest absolute Gasteiger partial charge is 0.142 e. The summed E-state index contributed by atoms with van der Waals surface area (Å²) < 4.78 is 14.7. The second-order valence-electron chi connectivity index (χ2n) is 2.58. The summed E-state index contributed by atoms with van der Waals surface area (Å²) >= 11 is 0. The maximum absolute atomic E-state index is 13.0. The standard InChI is InChI=1S/C9H8FN2/c1-2-12-6-7-8(10)4-3-5-9(7)11-12/h3,5-6H,2H2,1H3. The van der Waals surface area contributed by atoms with E-state index in [0.717, 1.165) is 6.54 Å². The lowest BCUT2D eigenvalue weighted by Crippen LogP contribution is -1.92. The molecule has 61 valence electrons. The molecule has 0 bridgehead atoms. The third-order valence-electron chi connectivity index (χ3n) is 1.80. The van der Waals surface area contributed by atoms with Crippen molar-refractivity contribution in [3.8, 4) is 0 Å². The summed E-state index contributed by atoms with van der Waals surface area (Å²) in [4.78, 5) is 0. The minimum Gasteiger partial charge on any atom is -0.272 e. The van der Waals surface area contributed by atoms with Crippen molar-refractivity contribution in [2.45, 2.75) is 13.5 Å². The van der Waals surface area contributed by atoms with Crippen LogP contribution in [0.4, 0.5) is 4.39 Å². The highest BCUT2D eigenvalue weighted by atomic mass is 19.1. The fraction of sp³-hybridized carbons (Fsp3) is 0.222. The number of hydrogen-bond donors (Lipinski definition) is 0. The van der Waals surface area contributed by atoms with Gasteiger partial charge in [0.15, 0.2) is 0 Å². The van der Waals surface area contributed by atoms with Crippen LogP contribution in [0.1, 0.15) is 6.92 Å². The van der Waals surface area contributed by atoms with E-state index in [4.69, 9.17) is 0 Å². The molecule has 12 heavy (non-hydrogen) atoms. The second kappa shape index (κ2) is 2.59. The molecule has 1 radical (unpaired) electrons. The van der Waals surface area contributed by atoms with Crippen LogP contribution in [0.3, 0.4) is 0 Å². The fourth-order valence-corrected chi connectivity index (χ4v) is 1.16. The number of rotatable bonds is 1. The van der Waals surface area contributed by atoms with Gasteiger partial charge in [-0.15, -0.1) is 0 Å². The van der Waals surface area contributed by atoms with Gasteiger partial charge in [0, 0.05) is 18.8 Å². The molecule has 1 aromatic heterocycles. The van der Waals surface area contributed by atoms with E-state index >= 15 is 0 Å². The zero-order valence-electron chi connectivity index (χ0n) is 6.71. The van der Waals surface area contributed by atoms with E-state index in [2.05, 4.69) is 11.2 Å². The van der Waals surface area contributed by atoms with Gasteiger partial charge < -0.3 is 0 Å². The molecule has 0 saturated carbocycles. The molecule has 1 heterocycles. The van der Waals surface area contributed by atoms with Crippen LogP contribution in [0.25, 0.3) is 10.9 Å². The van der Waals surface area contributed by atoms with Crippen LogP contribution in [0.15, 0.2) is 18.3 Å². The first-order valence-corrected chi connectivity index (χ1v) is 3.84. The molecule has 3 heteroatoms. The molecule has 2 aromatic rings. The molecule has 2 nitrogen and oxygen atoms in total. The molecule has 0 aliphatic carbocycles. The van der Waals surface area contributed by atoms with Gasteiger partial charge in [-0.25, -0.2) is 4.39 Å². The summed E-state index contributed by atoms with van der Waals surface area (Å²) in [7, 11) is 0. The third kappa shape index (κ3) is 0.978. The normalized spacial score (nSPS) is 10.8. The van der Waals surface area contributed by atoms with Crippen LogP contribution in [-0.4, -0.2) is 9.78 Å². The highest BCUT2D eigenvalue weighted by molar-refractivity contribution is 5.78. The third-order valence-corrected chi connectivity index (χ3v) is 1.80. The Morgan fingerprint density at radius 3 is 3.17 bits per heavy atom. The minimum absolute atomic E-state index is 0.327. The molecular formula is C9H8FN2. The van der Waals surface area contributed by atoms with Gasteiger partial charge in [0.2, 0.25) is 0 Å². The summed E-state index contributed by atoms with van der Waals surface area (Å²) in [6.45, 7) is 2.72. The largest absolute Gasteiger partial charge is 0.272 e. The van der Waals surface area contributed by atoms with Crippen molar-refractivity contribution in [2.75, 3.05) is 0 Å². The van der Waals surface area contributed by atoms with Crippen LogP contribution in [-0.2, 0) is 6.54 Å². The molecule has 2 rings (SSSR count). The van der Waals surface area contributed by atoms with E-state index in [1.807, 2.05) is 6.92 Å². The van der Waals surface area contributed by atoms with Crippen molar-refractivity contribution < 1.29 is 4.39 Å². The van der Waals surface area contributed by atoms with Gasteiger partial charge in [0.05, 0.1) is 10.9 Å². The van der Waals surface area contributed by atoms with E-state index < -0.39 is 0 Å². The highest BCUT2D eigenvalue weighted by Gasteiger charge is 2.03. The van der Waals surface area contributed by atoms with Gasteiger partial charge in [-0.05, 0) is 19.1 Å². The lowest BCUT2D eigenvalue weighted by molar-refractivity contribution is 0.636. The summed E-state index contributed by atoms with van der Waals surface area (Å²) in [5.41, 5.74) is 0.688. The molecule has 0 fully saturated rings. The molecule has 1 aromatic carbocycles. The monoisotopic (exact) mass is 163 g/mol. The van der Waals surface area contributed by atoms with E-state index in [1.165, 1.54) is 0 Å². The summed E-state index contributed by atoms with van der Waals surface area (Å²) in [6, 6.07) is 5.79. The SMILES string of the molecule is CCn1cc2c(F)[c]ccc2n1. The quantitative estimate of drug-likeness (QED) is 0.628. The molecule has 0 saturated heterocycles. The number of benzene rings is 1. The van der Waals surface area contributed by atoms with Crippen LogP contribution in [0.2, 0.25) is 0 Å². The van der Waals surface area contributed by atoms with Gasteiger partial charge in [0.1, 0.15) is 5.82 Å². The lowest BCUT2D eigenvalue weighted by atomic mass is 10.2. The van der Waals surface area contributed by atoms with E-state index in [9.17, 15) is 4.39 Å². The first-order valence-electron chi connectivity index (χ1n) is 3.84. The first kappa shape index (κ1) is 7.28. The van der Waals surface area contributed by atoms with Crippen LogP contribution in [0.5, 0.6) is 0 Å². The Morgan fingerprint density at radius 1 is 1.67 bits per heavy atom. The molecule has 0 spiro atoms. The van der Waals surface area contributed by atoms with Crippen molar-refractivity contribution in [1.82, 2.24) is 9.78 Å². The number of hydrogen-bond acceptors (Lipinski definition) is 1. The predicted octanol–water partition coefficient (Wildman–Crippen LogP) is 2.00. The van der Waals surface area contributed by atoms with E-state index in [1.54, 1.807) is 23.0 Å². The summed E-state index contributed by atoms with van der Waals surface area (Å²) in [5.74, 6) is -0.327. The topological polar surface area (TPSA) is 17.8 Å². The first-order chi connectivity index (χ1) is 5.81. The fourth-order valence-electron chi connectivity index (χ4n) is 1.16. The molecule has 0 amide bonds.